The van der Waals surface area contributed by atoms with Gasteiger partial charge in [0.2, 0.25) is 5.91 Å². The molecule has 0 radical (unpaired) electrons. The highest BCUT2D eigenvalue weighted by Crippen LogP contribution is 2.22. The molecule has 0 aliphatic carbocycles. The molecule has 0 aromatic rings. The fraction of sp³-hybridized carbons (Fsp3) is 0.903. The Kier molecular flexibility index (Phi) is 22.2. The van der Waals surface area contributed by atoms with E-state index in [0.717, 1.165) is 25.9 Å². The second-order valence-corrected chi connectivity index (χ2v) is 14.8. The second-order valence-electron chi connectivity index (χ2n) is 13.3. The van der Waals surface area contributed by atoms with Crippen molar-refractivity contribution in [3.8, 4) is 0 Å². The molecule has 11 nitrogen and oxygen atoms in total. The summed E-state index contributed by atoms with van der Waals surface area (Å²) in [6.45, 7) is 17.5. The van der Waals surface area contributed by atoms with E-state index in [0.29, 0.717) is 59.1 Å². The van der Waals surface area contributed by atoms with Gasteiger partial charge in [-0.15, -0.1) is 0 Å². The van der Waals surface area contributed by atoms with Crippen LogP contribution in [0, 0.1) is 10.8 Å². The third-order valence-electron chi connectivity index (χ3n) is 6.48. The average Bonchev–Trinajstić information content (AvgIpc) is 2.87. The molecule has 1 amide bonds. The monoisotopic (exact) mass is 637 g/mol. The number of nitrogens with zero attached hydrogens (tertiary/aromatic N) is 1. The number of Topliss-reactive ketones (excluding diaryl/α,β-unsaturated/α-hetero) is 2. The van der Waals surface area contributed by atoms with Crippen molar-refractivity contribution in [1.82, 2.24) is 4.90 Å². The Morgan fingerprint density at radius 1 is 0.581 bits per heavy atom. The maximum absolute atomic E-state index is 12.8. The minimum atomic E-state index is -4.03. The Bertz CT molecular complexity index is 860. The first kappa shape index (κ1) is 41.6. The summed E-state index contributed by atoms with van der Waals surface area (Å²) >= 11 is 0. The van der Waals surface area contributed by atoms with E-state index in [4.69, 9.17) is 23.5 Å². The van der Waals surface area contributed by atoms with Crippen LogP contribution in [-0.4, -0.2) is 107 Å². The molecule has 0 aromatic carbocycles. The summed E-state index contributed by atoms with van der Waals surface area (Å²) < 4.78 is 51.5. The highest BCUT2D eigenvalue weighted by atomic mass is 32.2. The zero-order valence-electron chi connectivity index (χ0n) is 27.6. The maximum Gasteiger partial charge on any atom is 0.264 e. The molecule has 0 rings (SSSR count). The molecule has 0 unspecified atom stereocenters. The standard InChI is InChI=1S/C31H59NO10S/c1-30(2,3)14-16-32(17-15-31(4,5)6)29(35)12-11-27(33)9-7-18-39-20-22-41-24-25-42-23-21-40-19-13-28(34)10-8-26-43(36,37)38/h7-26H2,1-6H3,(H,36,37,38). The van der Waals surface area contributed by atoms with Gasteiger partial charge in [-0.1, -0.05) is 41.5 Å². The quantitative estimate of drug-likeness (QED) is 0.101. The lowest BCUT2D eigenvalue weighted by Gasteiger charge is -2.29. The topological polar surface area (TPSA) is 146 Å². The lowest BCUT2D eigenvalue weighted by Crippen LogP contribution is -2.36. The number of ketones is 2. The molecule has 0 spiro atoms. The Hall–Kier alpha value is -1.44. The first-order valence-electron chi connectivity index (χ1n) is 15.6. The van der Waals surface area contributed by atoms with Gasteiger partial charge < -0.3 is 23.8 Å². The summed E-state index contributed by atoms with van der Waals surface area (Å²) in [4.78, 5) is 38.7. The van der Waals surface area contributed by atoms with Gasteiger partial charge in [0.25, 0.3) is 10.1 Å². The molecule has 0 aliphatic heterocycles. The van der Waals surface area contributed by atoms with Crippen LogP contribution in [0.2, 0.25) is 0 Å². The predicted molar refractivity (Wildman–Crippen MR) is 167 cm³/mol. The summed E-state index contributed by atoms with van der Waals surface area (Å²) in [5.41, 5.74) is 0.300. The van der Waals surface area contributed by atoms with Gasteiger partial charge in [-0.05, 0) is 36.5 Å². The molecular weight excluding hydrogens is 578 g/mol. The molecule has 0 aliphatic rings. The van der Waals surface area contributed by atoms with Crippen LogP contribution in [0.3, 0.4) is 0 Å². The van der Waals surface area contributed by atoms with Crippen LogP contribution in [0.15, 0.2) is 0 Å². The highest BCUT2D eigenvalue weighted by molar-refractivity contribution is 7.85. The van der Waals surface area contributed by atoms with Crippen molar-refractivity contribution in [2.45, 2.75) is 99.3 Å². The smallest absolute Gasteiger partial charge is 0.264 e. The minimum absolute atomic E-state index is 0.0622. The van der Waals surface area contributed by atoms with Crippen molar-refractivity contribution in [3.63, 3.8) is 0 Å². The third kappa shape index (κ3) is 30.4. The first-order chi connectivity index (χ1) is 20.0. The number of hydrogen-bond donors (Lipinski definition) is 1. The van der Waals surface area contributed by atoms with Crippen molar-refractivity contribution in [1.29, 1.82) is 0 Å². The zero-order valence-corrected chi connectivity index (χ0v) is 28.4. The third-order valence-corrected chi connectivity index (χ3v) is 7.28. The number of ether oxygens (including phenoxy) is 4. The van der Waals surface area contributed by atoms with E-state index in [1.807, 2.05) is 4.90 Å². The number of carbonyl (C=O) groups is 3. The molecule has 0 saturated heterocycles. The Balaban J connectivity index is 3.73. The van der Waals surface area contributed by atoms with Gasteiger partial charge in [0, 0.05) is 51.8 Å². The molecule has 1 N–H and O–H groups in total. The molecule has 43 heavy (non-hydrogen) atoms. The minimum Gasteiger partial charge on any atom is -0.379 e. The molecule has 0 atom stereocenters. The lowest BCUT2D eigenvalue weighted by atomic mass is 9.90. The van der Waals surface area contributed by atoms with Crippen molar-refractivity contribution in [3.05, 3.63) is 0 Å². The van der Waals surface area contributed by atoms with Crippen LogP contribution in [0.4, 0.5) is 0 Å². The predicted octanol–water partition coefficient (Wildman–Crippen LogP) is 4.51. The molecular formula is C31H59NO10S. The van der Waals surface area contributed by atoms with E-state index >= 15 is 0 Å². The zero-order chi connectivity index (χ0) is 32.8. The largest absolute Gasteiger partial charge is 0.379 e. The fourth-order valence-electron chi connectivity index (χ4n) is 3.73. The maximum atomic E-state index is 12.8. The average molecular weight is 638 g/mol. The van der Waals surface area contributed by atoms with Crippen molar-refractivity contribution in [2.24, 2.45) is 10.8 Å². The number of carbonyl (C=O) groups excluding carboxylic acids is 3. The first-order valence-corrected chi connectivity index (χ1v) is 17.2. The van der Waals surface area contributed by atoms with Gasteiger partial charge in [-0.2, -0.15) is 8.42 Å². The number of rotatable bonds is 27. The van der Waals surface area contributed by atoms with Crippen molar-refractivity contribution >= 4 is 27.6 Å². The Morgan fingerprint density at radius 2 is 1.00 bits per heavy atom. The SMILES string of the molecule is CC(C)(C)CCN(CCC(C)(C)C)C(=O)CCC(=O)CCCOCCOCCOCCOCCC(=O)CCCS(=O)(=O)O. The van der Waals surface area contributed by atoms with Gasteiger partial charge in [0.1, 0.15) is 11.6 Å². The Labute approximate surface area is 260 Å². The summed E-state index contributed by atoms with van der Waals surface area (Å²) in [7, 11) is -4.03. The van der Waals surface area contributed by atoms with Crippen LogP contribution < -0.4 is 0 Å². The van der Waals surface area contributed by atoms with Crippen LogP contribution in [0.1, 0.15) is 99.3 Å². The van der Waals surface area contributed by atoms with Gasteiger partial charge in [0.05, 0.1) is 52.0 Å². The molecule has 0 fully saturated rings. The molecule has 0 aromatic heterocycles. The summed E-state index contributed by atoms with van der Waals surface area (Å²) in [6.07, 6.45) is 3.79. The van der Waals surface area contributed by atoms with Crippen LogP contribution in [0.5, 0.6) is 0 Å². The van der Waals surface area contributed by atoms with E-state index in [1.54, 1.807) is 0 Å². The summed E-state index contributed by atoms with van der Waals surface area (Å²) in [6, 6.07) is 0. The van der Waals surface area contributed by atoms with Crippen molar-refractivity contribution < 1.29 is 46.3 Å². The van der Waals surface area contributed by atoms with Gasteiger partial charge in [-0.3, -0.25) is 18.9 Å². The van der Waals surface area contributed by atoms with Gasteiger partial charge >= 0.3 is 0 Å². The molecule has 0 saturated carbocycles. The molecule has 0 bridgehead atoms. The lowest BCUT2D eigenvalue weighted by molar-refractivity contribution is -0.133. The molecule has 0 heterocycles. The van der Waals surface area contributed by atoms with Gasteiger partial charge in [0.15, 0.2) is 0 Å². The highest BCUT2D eigenvalue weighted by Gasteiger charge is 2.21. The normalized spacial score (nSPS) is 12.4. The Morgan fingerprint density at radius 3 is 1.47 bits per heavy atom. The van der Waals surface area contributed by atoms with Crippen LogP contribution in [0.25, 0.3) is 0 Å². The van der Waals surface area contributed by atoms with E-state index in [-0.39, 0.29) is 67.0 Å². The van der Waals surface area contributed by atoms with Crippen LogP contribution >= 0.6 is 0 Å². The number of amides is 1. The van der Waals surface area contributed by atoms with Crippen LogP contribution in [-0.2, 0) is 43.4 Å². The van der Waals surface area contributed by atoms with E-state index in [2.05, 4.69) is 41.5 Å². The van der Waals surface area contributed by atoms with Gasteiger partial charge in [-0.25, -0.2) is 0 Å². The second kappa shape index (κ2) is 23.0. The van der Waals surface area contributed by atoms with Crippen molar-refractivity contribution in [2.75, 3.05) is 71.7 Å². The fourth-order valence-corrected chi connectivity index (χ4v) is 4.24. The summed E-state index contributed by atoms with van der Waals surface area (Å²) in [5.74, 6) is -0.377. The molecule has 12 heteroatoms. The van der Waals surface area contributed by atoms with E-state index in [9.17, 15) is 22.8 Å². The summed E-state index contributed by atoms with van der Waals surface area (Å²) in [5, 5.41) is 0. The number of hydrogen-bond acceptors (Lipinski definition) is 9. The van der Waals surface area contributed by atoms with E-state index < -0.39 is 15.9 Å². The van der Waals surface area contributed by atoms with E-state index in [1.165, 1.54) is 0 Å². The molecule has 254 valence electrons.